The molecule has 0 spiro atoms. The maximum absolute atomic E-state index is 12.6. The van der Waals surface area contributed by atoms with E-state index < -0.39 is 0 Å². The molecule has 0 bridgehead atoms. The number of ether oxygens (including phenoxy) is 1. The van der Waals surface area contributed by atoms with Gasteiger partial charge in [-0.25, -0.2) is 4.68 Å². The second-order valence-corrected chi connectivity index (χ2v) is 6.55. The summed E-state index contributed by atoms with van der Waals surface area (Å²) in [6, 6.07) is 20.6. The Kier molecular flexibility index (Phi) is 5.12. The number of carbonyl (C=O) groups excluding carboxylic acids is 1. The molecule has 0 radical (unpaired) electrons. The Morgan fingerprint density at radius 3 is 2.45 bits per heavy atom. The van der Waals surface area contributed by atoms with E-state index in [4.69, 9.17) is 9.15 Å². The number of benzene rings is 2. The van der Waals surface area contributed by atoms with E-state index in [1.54, 1.807) is 48.2 Å². The largest absolute Gasteiger partial charge is 0.497 e. The summed E-state index contributed by atoms with van der Waals surface area (Å²) in [6.07, 6.45) is 5.21. The van der Waals surface area contributed by atoms with Crippen LogP contribution in [-0.4, -0.2) is 22.7 Å². The smallest absolute Gasteiger partial charge is 0.185 e. The molecule has 0 saturated heterocycles. The Balaban J connectivity index is 1.68. The molecule has 0 aliphatic heterocycles. The number of hydrogen-bond donors (Lipinski definition) is 0. The van der Waals surface area contributed by atoms with Gasteiger partial charge in [0.15, 0.2) is 11.5 Å². The van der Waals surface area contributed by atoms with Crippen LogP contribution in [0.25, 0.3) is 23.2 Å². The van der Waals surface area contributed by atoms with Gasteiger partial charge < -0.3 is 9.15 Å². The van der Waals surface area contributed by atoms with Crippen molar-refractivity contribution >= 4 is 11.9 Å². The minimum Gasteiger partial charge on any atom is -0.497 e. The maximum atomic E-state index is 12.6. The lowest BCUT2D eigenvalue weighted by Crippen LogP contribution is -1.94. The monoisotopic (exact) mass is 384 g/mol. The number of aryl methyl sites for hydroxylation is 1. The standard InChI is InChI=1S/C24H20N2O3/c1-17-8-15-23(29-17)24-19(16-26(25-24)20-6-4-3-5-7-20)11-14-22(27)18-9-12-21(28-2)13-10-18/h3-16H,1-2H3/b14-11+. The van der Waals surface area contributed by atoms with Crippen molar-refractivity contribution in [3.63, 3.8) is 0 Å². The normalized spacial score (nSPS) is 11.1. The Morgan fingerprint density at radius 2 is 1.79 bits per heavy atom. The molecular formula is C24H20N2O3. The van der Waals surface area contributed by atoms with E-state index in [2.05, 4.69) is 5.10 Å². The average Bonchev–Trinajstić information content (AvgIpc) is 3.39. The topological polar surface area (TPSA) is 57.3 Å². The van der Waals surface area contributed by atoms with Crippen LogP contribution in [0.2, 0.25) is 0 Å². The zero-order chi connectivity index (χ0) is 20.2. The zero-order valence-corrected chi connectivity index (χ0v) is 16.2. The van der Waals surface area contributed by atoms with E-state index in [9.17, 15) is 4.79 Å². The number of aromatic nitrogens is 2. The van der Waals surface area contributed by atoms with Gasteiger partial charge >= 0.3 is 0 Å². The van der Waals surface area contributed by atoms with Crippen LogP contribution in [-0.2, 0) is 0 Å². The maximum Gasteiger partial charge on any atom is 0.185 e. The summed E-state index contributed by atoms with van der Waals surface area (Å²) >= 11 is 0. The van der Waals surface area contributed by atoms with Crippen LogP contribution < -0.4 is 4.74 Å². The number of carbonyl (C=O) groups is 1. The van der Waals surface area contributed by atoms with Gasteiger partial charge in [0.05, 0.1) is 12.8 Å². The molecule has 5 nitrogen and oxygen atoms in total. The molecule has 0 N–H and O–H groups in total. The summed E-state index contributed by atoms with van der Waals surface area (Å²) in [5.74, 6) is 2.08. The molecule has 2 aromatic heterocycles. The Morgan fingerprint density at radius 1 is 1.03 bits per heavy atom. The number of ketones is 1. The van der Waals surface area contributed by atoms with Gasteiger partial charge in [-0.2, -0.15) is 5.10 Å². The first-order valence-corrected chi connectivity index (χ1v) is 9.22. The molecule has 0 unspecified atom stereocenters. The molecule has 0 amide bonds. The molecule has 2 heterocycles. The highest BCUT2D eigenvalue weighted by molar-refractivity contribution is 6.07. The van der Waals surface area contributed by atoms with Crippen molar-refractivity contribution in [3.8, 4) is 22.9 Å². The van der Waals surface area contributed by atoms with Gasteiger partial charge in [0.25, 0.3) is 0 Å². The third-order valence-electron chi connectivity index (χ3n) is 4.53. The molecular weight excluding hydrogens is 364 g/mol. The van der Waals surface area contributed by atoms with Crippen molar-refractivity contribution in [2.75, 3.05) is 7.11 Å². The quantitative estimate of drug-likeness (QED) is 0.332. The number of hydrogen-bond acceptors (Lipinski definition) is 4. The summed E-state index contributed by atoms with van der Waals surface area (Å²) in [6.45, 7) is 1.89. The fourth-order valence-electron chi connectivity index (χ4n) is 2.99. The van der Waals surface area contributed by atoms with Gasteiger partial charge in [-0.05, 0) is 67.6 Å². The number of methoxy groups -OCH3 is 1. The van der Waals surface area contributed by atoms with E-state index in [1.807, 2.05) is 55.6 Å². The lowest BCUT2D eigenvalue weighted by Gasteiger charge is -2.00. The molecule has 4 rings (SSSR count). The highest BCUT2D eigenvalue weighted by Gasteiger charge is 2.14. The second kappa shape index (κ2) is 8.02. The highest BCUT2D eigenvalue weighted by atomic mass is 16.5. The first-order valence-electron chi connectivity index (χ1n) is 9.22. The van der Waals surface area contributed by atoms with E-state index in [0.29, 0.717) is 22.8 Å². The predicted molar refractivity (Wildman–Crippen MR) is 112 cm³/mol. The number of allylic oxidation sites excluding steroid dienone is 1. The first kappa shape index (κ1) is 18.5. The Hall–Kier alpha value is -3.86. The summed E-state index contributed by atoms with van der Waals surface area (Å²) in [7, 11) is 1.60. The number of rotatable bonds is 6. The summed E-state index contributed by atoms with van der Waals surface area (Å²) in [4.78, 5) is 12.6. The van der Waals surface area contributed by atoms with Crippen LogP contribution in [0.5, 0.6) is 5.75 Å². The third-order valence-corrected chi connectivity index (χ3v) is 4.53. The fraction of sp³-hybridized carbons (Fsp3) is 0.0833. The van der Waals surface area contributed by atoms with Crippen molar-refractivity contribution in [1.82, 2.24) is 9.78 Å². The number of para-hydroxylation sites is 1. The van der Waals surface area contributed by atoms with Crippen molar-refractivity contribution in [3.05, 3.63) is 95.9 Å². The van der Waals surface area contributed by atoms with Crippen LogP contribution in [0.3, 0.4) is 0 Å². The van der Waals surface area contributed by atoms with Crippen LogP contribution in [0.15, 0.2) is 83.4 Å². The van der Waals surface area contributed by atoms with Crippen molar-refractivity contribution in [1.29, 1.82) is 0 Å². The Labute approximate surface area is 168 Å². The minimum absolute atomic E-state index is 0.0957. The Bertz CT molecular complexity index is 1150. The molecule has 4 aromatic rings. The predicted octanol–water partition coefficient (Wildman–Crippen LogP) is 5.35. The molecule has 5 heteroatoms. The van der Waals surface area contributed by atoms with Gasteiger partial charge in [0.2, 0.25) is 0 Å². The molecule has 0 fully saturated rings. The zero-order valence-electron chi connectivity index (χ0n) is 16.2. The molecule has 0 aliphatic carbocycles. The van der Waals surface area contributed by atoms with Gasteiger partial charge in [0, 0.05) is 17.3 Å². The van der Waals surface area contributed by atoms with E-state index >= 15 is 0 Å². The average molecular weight is 384 g/mol. The van der Waals surface area contributed by atoms with E-state index in [1.165, 1.54) is 0 Å². The van der Waals surface area contributed by atoms with Crippen molar-refractivity contribution < 1.29 is 13.9 Å². The highest BCUT2D eigenvalue weighted by Crippen LogP contribution is 2.27. The van der Waals surface area contributed by atoms with Crippen molar-refractivity contribution in [2.24, 2.45) is 0 Å². The summed E-state index contributed by atoms with van der Waals surface area (Å²) < 4.78 is 12.7. The fourth-order valence-corrected chi connectivity index (χ4v) is 2.99. The van der Waals surface area contributed by atoms with Gasteiger partial charge in [-0.1, -0.05) is 18.2 Å². The molecule has 29 heavy (non-hydrogen) atoms. The van der Waals surface area contributed by atoms with Gasteiger partial charge in [0.1, 0.15) is 17.2 Å². The lowest BCUT2D eigenvalue weighted by molar-refractivity contribution is 0.104. The van der Waals surface area contributed by atoms with Crippen LogP contribution in [0.4, 0.5) is 0 Å². The van der Waals surface area contributed by atoms with E-state index in [0.717, 1.165) is 17.0 Å². The van der Waals surface area contributed by atoms with Gasteiger partial charge in [-0.3, -0.25) is 4.79 Å². The SMILES string of the molecule is COc1ccc(C(=O)/C=C/c2cn(-c3ccccc3)nc2-c2ccc(C)o2)cc1. The molecule has 0 aliphatic rings. The lowest BCUT2D eigenvalue weighted by atomic mass is 10.1. The van der Waals surface area contributed by atoms with Crippen molar-refractivity contribution in [2.45, 2.75) is 6.92 Å². The second-order valence-electron chi connectivity index (χ2n) is 6.55. The first-order chi connectivity index (χ1) is 14.1. The van der Waals surface area contributed by atoms with Crippen LogP contribution >= 0.6 is 0 Å². The number of furan rings is 1. The molecule has 0 saturated carbocycles. The van der Waals surface area contributed by atoms with E-state index in [-0.39, 0.29) is 5.78 Å². The number of nitrogens with zero attached hydrogens (tertiary/aromatic N) is 2. The molecule has 2 aromatic carbocycles. The minimum atomic E-state index is -0.0957. The van der Waals surface area contributed by atoms with Gasteiger partial charge in [-0.15, -0.1) is 0 Å². The molecule has 0 atom stereocenters. The summed E-state index contributed by atoms with van der Waals surface area (Å²) in [5, 5.41) is 4.68. The third kappa shape index (κ3) is 4.04. The molecule has 144 valence electrons. The van der Waals surface area contributed by atoms with Crippen LogP contribution in [0, 0.1) is 6.92 Å². The van der Waals surface area contributed by atoms with Crippen LogP contribution in [0.1, 0.15) is 21.7 Å². The summed E-state index contributed by atoms with van der Waals surface area (Å²) in [5.41, 5.74) is 3.00.